The van der Waals surface area contributed by atoms with Crippen molar-refractivity contribution in [2.24, 2.45) is 5.92 Å². The maximum atomic E-state index is 11.7. The van der Waals surface area contributed by atoms with E-state index >= 15 is 0 Å². The van der Waals surface area contributed by atoms with E-state index < -0.39 is 10.0 Å². The third-order valence-corrected chi connectivity index (χ3v) is 5.76. The molecule has 1 N–H and O–H groups in total. The first-order valence-electron chi connectivity index (χ1n) is 4.26. The fourth-order valence-corrected chi connectivity index (χ4v) is 4.15. The highest BCUT2D eigenvalue weighted by atomic mass is 79.9. The highest BCUT2D eigenvalue weighted by Crippen LogP contribution is 2.25. The molecule has 1 heterocycles. The Balaban J connectivity index is 2.68. The average molecular weight is 333 g/mol. The third-order valence-electron chi connectivity index (χ3n) is 1.70. The minimum absolute atomic E-state index is 0.129. The largest absolute Gasteiger partial charge is 0.250 e. The van der Waals surface area contributed by atoms with E-state index in [9.17, 15) is 8.42 Å². The molecule has 0 amide bonds. The summed E-state index contributed by atoms with van der Waals surface area (Å²) in [6.07, 6.45) is 0. The zero-order valence-electron chi connectivity index (χ0n) is 8.04. The van der Waals surface area contributed by atoms with Gasteiger partial charge in [-0.2, -0.15) is 0 Å². The monoisotopic (exact) mass is 331 g/mol. The van der Waals surface area contributed by atoms with Gasteiger partial charge in [0.05, 0.1) is 3.79 Å². The molecule has 86 valence electrons. The zero-order chi connectivity index (χ0) is 11.5. The summed E-state index contributed by atoms with van der Waals surface area (Å²) >= 11 is 10.0. The molecule has 0 aliphatic carbocycles. The maximum Gasteiger partial charge on any atom is 0.250 e. The molecule has 1 unspecified atom stereocenters. The van der Waals surface area contributed by atoms with E-state index in [-0.39, 0.29) is 5.92 Å². The topological polar surface area (TPSA) is 46.2 Å². The number of alkyl halides is 1. The zero-order valence-corrected chi connectivity index (χ0v) is 12.0. The van der Waals surface area contributed by atoms with Crippen molar-refractivity contribution in [2.75, 3.05) is 12.4 Å². The van der Waals surface area contributed by atoms with E-state index in [0.29, 0.717) is 16.6 Å². The van der Waals surface area contributed by atoms with Crippen molar-refractivity contribution in [3.05, 3.63) is 15.9 Å². The number of hydrogen-bond donors (Lipinski definition) is 1. The summed E-state index contributed by atoms with van der Waals surface area (Å²) in [7, 11) is -3.36. The molecule has 1 aromatic heterocycles. The van der Waals surface area contributed by atoms with Gasteiger partial charge in [0.15, 0.2) is 0 Å². The van der Waals surface area contributed by atoms with Gasteiger partial charge in [0.25, 0.3) is 0 Å². The van der Waals surface area contributed by atoms with Gasteiger partial charge in [-0.05, 0) is 34.0 Å². The molecule has 0 spiro atoms. The van der Waals surface area contributed by atoms with E-state index in [2.05, 4.69) is 20.7 Å². The lowest BCUT2D eigenvalue weighted by molar-refractivity contribution is 0.563. The summed E-state index contributed by atoms with van der Waals surface area (Å²) in [5.41, 5.74) is 0. The van der Waals surface area contributed by atoms with Crippen LogP contribution in [0.1, 0.15) is 6.92 Å². The molecule has 0 aliphatic heterocycles. The van der Waals surface area contributed by atoms with Crippen molar-refractivity contribution in [1.29, 1.82) is 0 Å². The van der Waals surface area contributed by atoms with Crippen molar-refractivity contribution in [3.8, 4) is 0 Å². The lowest BCUT2D eigenvalue weighted by atomic mass is 10.2. The fraction of sp³-hybridized carbons (Fsp3) is 0.500. The predicted octanol–water partition coefficient (Wildman–Crippen LogP) is 2.66. The molecule has 7 heteroatoms. The number of halogens is 2. The molecule has 0 fully saturated rings. The molecule has 3 nitrogen and oxygen atoms in total. The van der Waals surface area contributed by atoms with Crippen LogP contribution in [0.15, 0.2) is 20.1 Å². The Bertz CT molecular complexity index is 418. The van der Waals surface area contributed by atoms with E-state index in [1.165, 1.54) is 11.3 Å². The Morgan fingerprint density at radius 3 is 2.73 bits per heavy atom. The summed E-state index contributed by atoms with van der Waals surface area (Å²) in [5.74, 6) is 0.571. The van der Waals surface area contributed by atoms with Crippen LogP contribution in [0, 0.1) is 5.92 Å². The van der Waals surface area contributed by atoms with Gasteiger partial charge >= 0.3 is 0 Å². The van der Waals surface area contributed by atoms with Crippen molar-refractivity contribution in [2.45, 2.75) is 11.1 Å². The van der Waals surface area contributed by atoms with Gasteiger partial charge in [-0.25, -0.2) is 13.1 Å². The van der Waals surface area contributed by atoms with Crippen LogP contribution in [-0.2, 0) is 10.0 Å². The first kappa shape index (κ1) is 13.4. The van der Waals surface area contributed by atoms with Crippen molar-refractivity contribution in [1.82, 2.24) is 4.72 Å². The minimum atomic E-state index is -3.36. The van der Waals surface area contributed by atoms with Crippen LogP contribution >= 0.6 is 38.9 Å². The maximum absolute atomic E-state index is 11.7. The Kier molecular flexibility index (Phi) is 5.05. The summed E-state index contributed by atoms with van der Waals surface area (Å²) in [5, 5.41) is 0. The average Bonchev–Trinajstić information content (AvgIpc) is 2.62. The minimum Gasteiger partial charge on any atom is -0.210 e. The van der Waals surface area contributed by atoms with Gasteiger partial charge < -0.3 is 0 Å². The van der Waals surface area contributed by atoms with Gasteiger partial charge in [0.1, 0.15) is 4.21 Å². The van der Waals surface area contributed by atoms with E-state index in [4.69, 9.17) is 11.6 Å². The molecule has 1 aromatic rings. The standard InChI is InChI=1S/C8H11BrClNO2S2/c1-6(4-10)5-11-15(12,13)8-3-2-7(9)14-8/h2-3,6,11H,4-5H2,1H3. The number of sulfonamides is 1. The van der Waals surface area contributed by atoms with Gasteiger partial charge in [0, 0.05) is 12.4 Å². The van der Waals surface area contributed by atoms with Crippen LogP contribution in [-0.4, -0.2) is 20.8 Å². The molecule has 0 aromatic carbocycles. The van der Waals surface area contributed by atoms with Gasteiger partial charge in [-0.3, -0.25) is 0 Å². The molecule has 0 radical (unpaired) electrons. The summed E-state index contributed by atoms with van der Waals surface area (Å²) < 4.78 is 27.0. The number of nitrogens with one attached hydrogen (secondary N) is 1. The quantitative estimate of drug-likeness (QED) is 0.843. The molecule has 15 heavy (non-hydrogen) atoms. The summed E-state index contributed by atoms with van der Waals surface area (Å²) in [6.45, 7) is 2.25. The SMILES string of the molecule is CC(CCl)CNS(=O)(=O)c1ccc(Br)s1. The van der Waals surface area contributed by atoms with E-state index in [0.717, 1.165) is 3.79 Å². The van der Waals surface area contributed by atoms with Crippen LogP contribution in [0.3, 0.4) is 0 Å². The summed E-state index contributed by atoms with van der Waals surface area (Å²) in [4.78, 5) is 0. The lowest BCUT2D eigenvalue weighted by Crippen LogP contribution is -2.28. The van der Waals surface area contributed by atoms with Crippen LogP contribution in [0.4, 0.5) is 0 Å². The number of hydrogen-bond acceptors (Lipinski definition) is 3. The van der Waals surface area contributed by atoms with Crippen molar-refractivity contribution < 1.29 is 8.42 Å². The Morgan fingerprint density at radius 1 is 1.60 bits per heavy atom. The lowest BCUT2D eigenvalue weighted by Gasteiger charge is -2.08. The van der Waals surface area contributed by atoms with Crippen LogP contribution < -0.4 is 4.72 Å². The highest BCUT2D eigenvalue weighted by Gasteiger charge is 2.16. The van der Waals surface area contributed by atoms with E-state index in [1.807, 2.05) is 6.92 Å². The van der Waals surface area contributed by atoms with Crippen molar-refractivity contribution in [3.63, 3.8) is 0 Å². The van der Waals surface area contributed by atoms with Crippen LogP contribution in [0.2, 0.25) is 0 Å². The molecule has 1 atom stereocenters. The van der Waals surface area contributed by atoms with E-state index in [1.54, 1.807) is 12.1 Å². The second-order valence-corrected chi connectivity index (χ2v) is 7.94. The predicted molar refractivity (Wildman–Crippen MR) is 67.1 cm³/mol. The molecule has 0 bridgehead atoms. The first-order valence-corrected chi connectivity index (χ1v) is 7.89. The molecular formula is C8H11BrClNO2S2. The second-order valence-electron chi connectivity index (χ2n) is 3.17. The number of rotatable bonds is 5. The molecule has 0 saturated carbocycles. The molecule has 0 aliphatic rings. The molecule has 1 rings (SSSR count). The molecular weight excluding hydrogens is 322 g/mol. The van der Waals surface area contributed by atoms with Gasteiger partial charge in [-0.15, -0.1) is 22.9 Å². The Morgan fingerprint density at radius 2 is 2.27 bits per heavy atom. The smallest absolute Gasteiger partial charge is 0.210 e. The summed E-state index contributed by atoms with van der Waals surface area (Å²) in [6, 6.07) is 3.28. The fourth-order valence-electron chi connectivity index (χ4n) is 0.820. The second kappa shape index (κ2) is 5.63. The number of thiophene rings is 1. The first-order chi connectivity index (χ1) is 6.95. The Hall–Kier alpha value is 0.380. The highest BCUT2D eigenvalue weighted by molar-refractivity contribution is 9.11. The van der Waals surface area contributed by atoms with Gasteiger partial charge in [-0.1, -0.05) is 6.92 Å². The van der Waals surface area contributed by atoms with Gasteiger partial charge in [0.2, 0.25) is 10.0 Å². The molecule has 0 saturated heterocycles. The Labute approximate surface area is 107 Å². The third kappa shape index (κ3) is 4.03. The van der Waals surface area contributed by atoms with Crippen LogP contribution in [0.25, 0.3) is 0 Å². The van der Waals surface area contributed by atoms with Crippen molar-refractivity contribution >= 4 is 48.9 Å². The normalized spacial score (nSPS) is 14.1. The van der Waals surface area contributed by atoms with Crippen LogP contribution in [0.5, 0.6) is 0 Å².